The van der Waals surface area contributed by atoms with Gasteiger partial charge in [-0.25, -0.2) is 9.59 Å². The number of aliphatic hydroxyl groups is 3. The van der Waals surface area contributed by atoms with Crippen molar-refractivity contribution < 1.29 is 34.4 Å². The normalized spacial score (nSPS) is 27.0. The lowest BCUT2D eigenvalue weighted by Gasteiger charge is -2.43. The Balaban J connectivity index is 1.67. The van der Waals surface area contributed by atoms with Crippen LogP contribution in [0.4, 0.5) is 0 Å². The smallest absolute Gasteiger partial charge is 0.338 e. The van der Waals surface area contributed by atoms with Crippen molar-refractivity contribution in [1.82, 2.24) is 0 Å². The Labute approximate surface area is 162 Å². The SMILES string of the molecule is O=C(OC[C@]1(O)[C@H](O)CC[C@@H](OC(=O)c2ccccc2)[C@@H]1O)c1ccccc1. The Morgan fingerprint density at radius 3 is 2.00 bits per heavy atom. The van der Waals surface area contributed by atoms with Gasteiger partial charge in [0.25, 0.3) is 0 Å². The van der Waals surface area contributed by atoms with Gasteiger partial charge in [-0.1, -0.05) is 36.4 Å². The number of aliphatic hydroxyl groups excluding tert-OH is 2. The summed E-state index contributed by atoms with van der Waals surface area (Å²) in [7, 11) is 0. The molecule has 28 heavy (non-hydrogen) atoms. The standard InChI is InChI=1S/C21H22O7/c22-17-12-11-16(28-20(25)15-9-5-2-6-10-15)18(23)21(17,26)13-27-19(24)14-7-3-1-4-8-14/h1-10,16-18,22-23,26H,11-13H2/t16-,17-,18+,21+/m1/s1. The van der Waals surface area contributed by atoms with E-state index in [1.807, 2.05) is 0 Å². The highest BCUT2D eigenvalue weighted by molar-refractivity contribution is 5.89. The van der Waals surface area contributed by atoms with E-state index in [4.69, 9.17) is 9.47 Å². The van der Waals surface area contributed by atoms with Crippen LogP contribution in [0, 0.1) is 0 Å². The van der Waals surface area contributed by atoms with Gasteiger partial charge < -0.3 is 24.8 Å². The van der Waals surface area contributed by atoms with Gasteiger partial charge in [0.05, 0.1) is 17.2 Å². The molecule has 7 heteroatoms. The quantitative estimate of drug-likeness (QED) is 0.664. The summed E-state index contributed by atoms with van der Waals surface area (Å²) >= 11 is 0. The zero-order valence-electron chi connectivity index (χ0n) is 15.1. The third-order valence-electron chi connectivity index (χ3n) is 4.88. The molecule has 3 N–H and O–H groups in total. The highest BCUT2D eigenvalue weighted by atomic mass is 16.6. The van der Waals surface area contributed by atoms with Crippen molar-refractivity contribution in [2.24, 2.45) is 0 Å². The van der Waals surface area contributed by atoms with Crippen molar-refractivity contribution in [2.45, 2.75) is 36.8 Å². The minimum Gasteiger partial charge on any atom is -0.459 e. The molecule has 1 saturated carbocycles. The fourth-order valence-electron chi connectivity index (χ4n) is 3.17. The van der Waals surface area contributed by atoms with Crippen LogP contribution in [0.2, 0.25) is 0 Å². The molecular formula is C21H22O7. The predicted molar refractivity (Wildman–Crippen MR) is 98.6 cm³/mol. The Morgan fingerprint density at radius 1 is 0.893 bits per heavy atom. The molecule has 0 bridgehead atoms. The minimum absolute atomic E-state index is 0.0726. The molecular weight excluding hydrogens is 364 g/mol. The van der Waals surface area contributed by atoms with Crippen LogP contribution in [0.1, 0.15) is 33.6 Å². The summed E-state index contributed by atoms with van der Waals surface area (Å²) in [4.78, 5) is 24.3. The summed E-state index contributed by atoms with van der Waals surface area (Å²) in [6.07, 6.45) is -3.76. The number of carbonyl (C=O) groups excluding carboxylic acids is 2. The van der Waals surface area contributed by atoms with Gasteiger partial charge in [-0.15, -0.1) is 0 Å². The number of carbonyl (C=O) groups is 2. The van der Waals surface area contributed by atoms with Gasteiger partial charge >= 0.3 is 11.9 Å². The van der Waals surface area contributed by atoms with Crippen LogP contribution in [0.15, 0.2) is 60.7 Å². The lowest BCUT2D eigenvalue weighted by Crippen LogP contribution is -2.63. The molecule has 0 heterocycles. The molecule has 1 fully saturated rings. The highest BCUT2D eigenvalue weighted by Crippen LogP contribution is 2.32. The van der Waals surface area contributed by atoms with Crippen molar-refractivity contribution in [3.8, 4) is 0 Å². The number of hydrogen-bond donors (Lipinski definition) is 3. The summed E-state index contributed by atoms with van der Waals surface area (Å²) in [6.45, 7) is -0.636. The van der Waals surface area contributed by atoms with E-state index in [-0.39, 0.29) is 18.4 Å². The van der Waals surface area contributed by atoms with E-state index in [0.29, 0.717) is 5.56 Å². The molecule has 1 aliphatic carbocycles. The van der Waals surface area contributed by atoms with Crippen LogP contribution in [0.5, 0.6) is 0 Å². The molecule has 3 rings (SSSR count). The first kappa shape index (κ1) is 20.0. The first-order valence-corrected chi connectivity index (χ1v) is 8.98. The Bertz CT molecular complexity index is 808. The molecule has 7 nitrogen and oxygen atoms in total. The Morgan fingerprint density at radius 2 is 1.43 bits per heavy atom. The van der Waals surface area contributed by atoms with Crippen LogP contribution >= 0.6 is 0 Å². The van der Waals surface area contributed by atoms with E-state index in [9.17, 15) is 24.9 Å². The molecule has 2 aromatic carbocycles. The van der Waals surface area contributed by atoms with Crippen LogP contribution in [0.3, 0.4) is 0 Å². The maximum absolute atomic E-state index is 12.2. The van der Waals surface area contributed by atoms with Crippen LogP contribution in [-0.2, 0) is 9.47 Å². The second-order valence-corrected chi connectivity index (χ2v) is 6.78. The summed E-state index contributed by atoms with van der Waals surface area (Å²) in [6, 6.07) is 16.4. The highest BCUT2D eigenvalue weighted by Gasteiger charge is 2.52. The molecule has 0 unspecified atom stereocenters. The largest absolute Gasteiger partial charge is 0.459 e. The fraction of sp³-hybridized carbons (Fsp3) is 0.333. The van der Waals surface area contributed by atoms with Gasteiger partial charge in [0.2, 0.25) is 0 Å². The number of hydrogen-bond acceptors (Lipinski definition) is 7. The number of ether oxygens (including phenoxy) is 2. The Kier molecular flexibility index (Phi) is 6.08. The van der Waals surface area contributed by atoms with Gasteiger partial charge in [-0.2, -0.15) is 0 Å². The Hall–Kier alpha value is -2.74. The molecule has 1 aliphatic rings. The second kappa shape index (κ2) is 8.52. The monoisotopic (exact) mass is 386 g/mol. The molecule has 0 aliphatic heterocycles. The first-order chi connectivity index (χ1) is 13.4. The average Bonchev–Trinajstić information content (AvgIpc) is 2.74. The minimum atomic E-state index is -2.15. The second-order valence-electron chi connectivity index (χ2n) is 6.78. The van der Waals surface area contributed by atoms with E-state index in [0.717, 1.165) is 0 Å². The average molecular weight is 386 g/mol. The molecule has 0 spiro atoms. The van der Waals surface area contributed by atoms with Crippen molar-refractivity contribution >= 4 is 11.9 Å². The van der Waals surface area contributed by atoms with Crippen molar-refractivity contribution in [3.63, 3.8) is 0 Å². The van der Waals surface area contributed by atoms with Crippen molar-refractivity contribution in [1.29, 1.82) is 0 Å². The molecule has 0 aromatic heterocycles. The lowest BCUT2D eigenvalue weighted by molar-refractivity contribution is -0.217. The van der Waals surface area contributed by atoms with Crippen LogP contribution < -0.4 is 0 Å². The zero-order chi connectivity index (χ0) is 20.1. The maximum atomic E-state index is 12.2. The van der Waals surface area contributed by atoms with E-state index in [2.05, 4.69) is 0 Å². The number of benzene rings is 2. The summed E-state index contributed by atoms with van der Waals surface area (Å²) < 4.78 is 10.4. The topological polar surface area (TPSA) is 113 Å². The third-order valence-corrected chi connectivity index (χ3v) is 4.88. The van der Waals surface area contributed by atoms with Crippen molar-refractivity contribution in [3.05, 3.63) is 71.8 Å². The van der Waals surface area contributed by atoms with Gasteiger partial charge in [-0.3, -0.25) is 0 Å². The molecule has 148 valence electrons. The van der Waals surface area contributed by atoms with Crippen LogP contribution in [0.25, 0.3) is 0 Å². The molecule has 0 radical (unpaired) electrons. The van der Waals surface area contributed by atoms with E-state index >= 15 is 0 Å². The van der Waals surface area contributed by atoms with Crippen molar-refractivity contribution in [2.75, 3.05) is 6.61 Å². The lowest BCUT2D eigenvalue weighted by atomic mass is 9.78. The zero-order valence-corrected chi connectivity index (χ0v) is 15.1. The third kappa shape index (κ3) is 4.22. The van der Waals surface area contributed by atoms with Gasteiger partial charge in [-0.05, 0) is 37.1 Å². The summed E-state index contributed by atoms with van der Waals surface area (Å²) in [5.41, 5.74) is -1.57. The first-order valence-electron chi connectivity index (χ1n) is 8.98. The molecule has 4 atom stereocenters. The number of esters is 2. The summed E-state index contributed by atoms with van der Waals surface area (Å²) in [5.74, 6) is -1.35. The fourth-order valence-corrected chi connectivity index (χ4v) is 3.17. The summed E-state index contributed by atoms with van der Waals surface area (Å²) in [5, 5.41) is 31.6. The molecule has 2 aromatic rings. The van der Waals surface area contributed by atoms with Gasteiger partial charge in [0.15, 0.2) is 5.60 Å². The molecule has 0 saturated heterocycles. The van der Waals surface area contributed by atoms with Gasteiger partial charge in [0, 0.05) is 0 Å². The van der Waals surface area contributed by atoms with Crippen LogP contribution in [-0.4, -0.2) is 57.8 Å². The predicted octanol–water partition coefficient (Wildman–Crippen LogP) is 1.32. The van der Waals surface area contributed by atoms with Gasteiger partial charge in [0.1, 0.15) is 18.8 Å². The number of rotatable bonds is 5. The molecule has 0 amide bonds. The van der Waals surface area contributed by atoms with E-state index < -0.39 is 42.5 Å². The van der Waals surface area contributed by atoms with E-state index in [1.54, 1.807) is 60.7 Å². The van der Waals surface area contributed by atoms with E-state index in [1.165, 1.54) is 0 Å². The maximum Gasteiger partial charge on any atom is 0.338 e.